The number of hydrogen-bond acceptors (Lipinski definition) is 3. The summed E-state index contributed by atoms with van der Waals surface area (Å²) in [6.07, 6.45) is 3.71. The molecule has 0 aromatic heterocycles. The summed E-state index contributed by atoms with van der Waals surface area (Å²) in [5.74, 6) is 6.55. The predicted octanol–water partition coefficient (Wildman–Crippen LogP) is 1.40. The number of amides is 1. The molecule has 1 fully saturated rings. The molecule has 0 heterocycles. The molecule has 2 rings (SSSR count). The van der Waals surface area contributed by atoms with Gasteiger partial charge in [0.2, 0.25) is 5.91 Å². The summed E-state index contributed by atoms with van der Waals surface area (Å²) in [7, 11) is 0. The molecule has 0 spiro atoms. The smallest absolute Gasteiger partial charge is 0.234 e. The van der Waals surface area contributed by atoms with Gasteiger partial charge in [0.25, 0.3) is 0 Å². The first kappa shape index (κ1) is 11.9. The first-order chi connectivity index (χ1) is 8.28. The summed E-state index contributed by atoms with van der Waals surface area (Å²) in [5.41, 5.74) is 3.24. The highest BCUT2D eigenvalue weighted by molar-refractivity contribution is 5.75. The number of carbonyl (C=O) groups excluding carboxylic acids is 1. The van der Waals surface area contributed by atoms with Gasteiger partial charge in [-0.15, -0.1) is 0 Å². The molecule has 0 saturated heterocycles. The number of rotatable bonds is 6. The van der Waals surface area contributed by atoms with Crippen LogP contribution >= 0.6 is 0 Å². The van der Waals surface area contributed by atoms with E-state index in [0.717, 1.165) is 23.8 Å². The number of benzene rings is 1. The topological polar surface area (TPSA) is 64.3 Å². The lowest BCUT2D eigenvalue weighted by molar-refractivity contribution is -0.121. The summed E-state index contributed by atoms with van der Waals surface area (Å²) in [5, 5.41) is 0. The minimum atomic E-state index is -0.140. The number of ether oxygens (including phenoxy) is 1. The molecular formula is C13H18N2O2. The van der Waals surface area contributed by atoms with Crippen molar-refractivity contribution in [2.45, 2.75) is 25.7 Å². The molecule has 1 aromatic rings. The quantitative estimate of drug-likeness (QED) is 0.444. The molecule has 4 nitrogen and oxygen atoms in total. The third kappa shape index (κ3) is 4.07. The van der Waals surface area contributed by atoms with Crippen molar-refractivity contribution in [2.24, 2.45) is 11.8 Å². The summed E-state index contributed by atoms with van der Waals surface area (Å²) in [6.45, 7) is 0.828. The average molecular weight is 234 g/mol. The standard InChI is InChI=1S/C13H18N2O2/c14-15-13(16)8-5-10-3-6-12(7-4-10)17-9-11-1-2-11/h3-4,6-7,11H,1-2,5,8-9,14H2,(H,15,16). The summed E-state index contributed by atoms with van der Waals surface area (Å²) in [4.78, 5) is 11.0. The molecule has 0 bridgehead atoms. The van der Waals surface area contributed by atoms with E-state index in [1.807, 2.05) is 24.3 Å². The predicted molar refractivity (Wildman–Crippen MR) is 65.3 cm³/mol. The van der Waals surface area contributed by atoms with Gasteiger partial charge in [0.05, 0.1) is 6.61 Å². The summed E-state index contributed by atoms with van der Waals surface area (Å²) < 4.78 is 5.63. The summed E-state index contributed by atoms with van der Waals surface area (Å²) in [6, 6.07) is 7.90. The zero-order valence-corrected chi connectivity index (χ0v) is 9.82. The normalized spacial score (nSPS) is 14.4. The molecular weight excluding hydrogens is 216 g/mol. The number of carbonyl (C=O) groups is 1. The van der Waals surface area contributed by atoms with Crippen LogP contribution in [-0.4, -0.2) is 12.5 Å². The van der Waals surface area contributed by atoms with Gasteiger partial charge < -0.3 is 4.74 Å². The van der Waals surface area contributed by atoms with Crippen LogP contribution in [0.1, 0.15) is 24.8 Å². The second-order valence-electron chi connectivity index (χ2n) is 4.47. The van der Waals surface area contributed by atoms with Crippen LogP contribution in [0.3, 0.4) is 0 Å². The Morgan fingerprint density at radius 2 is 2.06 bits per heavy atom. The first-order valence-electron chi connectivity index (χ1n) is 5.99. The van der Waals surface area contributed by atoms with E-state index in [2.05, 4.69) is 5.43 Å². The molecule has 3 N–H and O–H groups in total. The van der Waals surface area contributed by atoms with E-state index in [4.69, 9.17) is 10.6 Å². The fourth-order valence-corrected chi connectivity index (χ4v) is 1.58. The van der Waals surface area contributed by atoms with E-state index >= 15 is 0 Å². The molecule has 0 atom stereocenters. The minimum Gasteiger partial charge on any atom is -0.493 e. The SMILES string of the molecule is NNC(=O)CCc1ccc(OCC2CC2)cc1. The Bertz CT molecular complexity index is 372. The number of aryl methyl sites for hydroxylation is 1. The van der Waals surface area contributed by atoms with E-state index in [-0.39, 0.29) is 5.91 Å². The van der Waals surface area contributed by atoms with Crippen LogP contribution < -0.4 is 16.0 Å². The zero-order chi connectivity index (χ0) is 12.1. The van der Waals surface area contributed by atoms with Gasteiger partial charge in [-0.2, -0.15) is 0 Å². The van der Waals surface area contributed by atoms with Gasteiger partial charge in [-0.1, -0.05) is 12.1 Å². The Labute approximate surface area is 101 Å². The molecule has 1 aliphatic rings. The maximum absolute atomic E-state index is 11.0. The highest BCUT2D eigenvalue weighted by atomic mass is 16.5. The lowest BCUT2D eigenvalue weighted by Gasteiger charge is -2.06. The Balaban J connectivity index is 1.77. The molecule has 1 amide bonds. The van der Waals surface area contributed by atoms with Crippen molar-refractivity contribution in [3.8, 4) is 5.75 Å². The molecule has 0 unspecified atom stereocenters. The van der Waals surface area contributed by atoms with E-state index in [1.165, 1.54) is 12.8 Å². The van der Waals surface area contributed by atoms with Gasteiger partial charge in [0.1, 0.15) is 5.75 Å². The molecule has 1 saturated carbocycles. The van der Waals surface area contributed by atoms with Crippen LogP contribution in [0.4, 0.5) is 0 Å². The van der Waals surface area contributed by atoms with E-state index in [0.29, 0.717) is 12.8 Å². The first-order valence-corrected chi connectivity index (χ1v) is 5.99. The van der Waals surface area contributed by atoms with Crippen LogP contribution in [0.15, 0.2) is 24.3 Å². The number of nitrogens with two attached hydrogens (primary N) is 1. The second kappa shape index (κ2) is 5.68. The molecule has 17 heavy (non-hydrogen) atoms. The van der Waals surface area contributed by atoms with Crippen molar-refractivity contribution in [3.05, 3.63) is 29.8 Å². The summed E-state index contributed by atoms with van der Waals surface area (Å²) >= 11 is 0. The molecule has 92 valence electrons. The van der Waals surface area contributed by atoms with Crippen LogP contribution in [-0.2, 0) is 11.2 Å². The van der Waals surface area contributed by atoms with Crippen LogP contribution in [0.5, 0.6) is 5.75 Å². The average Bonchev–Trinajstić information content (AvgIpc) is 3.18. The Morgan fingerprint density at radius 3 is 2.65 bits per heavy atom. The lowest BCUT2D eigenvalue weighted by atomic mass is 10.1. The van der Waals surface area contributed by atoms with E-state index in [1.54, 1.807) is 0 Å². The Morgan fingerprint density at radius 1 is 1.35 bits per heavy atom. The maximum Gasteiger partial charge on any atom is 0.234 e. The molecule has 1 aromatic carbocycles. The third-order valence-electron chi connectivity index (χ3n) is 2.91. The van der Waals surface area contributed by atoms with Crippen molar-refractivity contribution < 1.29 is 9.53 Å². The molecule has 0 aliphatic heterocycles. The monoisotopic (exact) mass is 234 g/mol. The second-order valence-corrected chi connectivity index (χ2v) is 4.47. The number of hydrogen-bond donors (Lipinski definition) is 2. The van der Waals surface area contributed by atoms with Crippen LogP contribution in [0, 0.1) is 5.92 Å². The van der Waals surface area contributed by atoms with E-state index < -0.39 is 0 Å². The van der Waals surface area contributed by atoms with Crippen molar-refractivity contribution in [1.29, 1.82) is 0 Å². The van der Waals surface area contributed by atoms with Gasteiger partial charge in [0.15, 0.2) is 0 Å². The molecule has 1 aliphatic carbocycles. The largest absolute Gasteiger partial charge is 0.493 e. The fourth-order valence-electron chi connectivity index (χ4n) is 1.58. The number of nitrogens with one attached hydrogen (secondary N) is 1. The van der Waals surface area contributed by atoms with Gasteiger partial charge >= 0.3 is 0 Å². The van der Waals surface area contributed by atoms with Crippen LogP contribution in [0.25, 0.3) is 0 Å². The Kier molecular flexibility index (Phi) is 3.98. The highest BCUT2D eigenvalue weighted by Crippen LogP contribution is 2.29. The van der Waals surface area contributed by atoms with Gasteiger partial charge in [-0.05, 0) is 42.9 Å². The molecule has 4 heteroatoms. The van der Waals surface area contributed by atoms with Crippen molar-refractivity contribution in [1.82, 2.24) is 5.43 Å². The fraction of sp³-hybridized carbons (Fsp3) is 0.462. The van der Waals surface area contributed by atoms with E-state index in [9.17, 15) is 4.79 Å². The van der Waals surface area contributed by atoms with Gasteiger partial charge in [-0.3, -0.25) is 10.2 Å². The third-order valence-corrected chi connectivity index (χ3v) is 2.91. The van der Waals surface area contributed by atoms with Crippen molar-refractivity contribution >= 4 is 5.91 Å². The van der Waals surface area contributed by atoms with Crippen molar-refractivity contribution in [3.63, 3.8) is 0 Å². The van der Waals surface area contributed by atoms with Crippen LogP contribution in [0.2, 0.25) is 0 Å². The van der Waals surface area contributed by atoms with Gasteiger partial charge in [-0.25, -0.2) is 5.84 Å². The lowest BCUT2D eigenvalue weighted by Crippen LogP contribution is -2.30. The zero-order valence-electron chi connectivity index (χ0n) is 9.82. The minimum absolute atomic E-state index is 0.140. The maximum atomic E-state index is 11.0. The van der Waals surface area contributed by atoms with Crippen molar-refractivity contribution in [2.75, 3.05) is 6.61 Å². The highest BCUT2D eigenvalue weighted by Gasteiger charge is 2.21. The Hall–Kier alpha value is -1.55. The number of hydrazine groups is 1. The molecule has 0 radical (unpaired) electrons. The van der Waals surface area contributed by atoms with Gasteiger partial charge in [0, 0.05) is 6.42 Å².